The molecule has 2 heterocycles. The van der Waals surface area contributed by atoms with Crippen molar-refractivity contribution in [2.24, 2.45) is 0 Å². The summed E-state index contributed by atoms with van der Waals surface area (Å²) in [5.41, 5.74) is -2.56. The molecule has 1 saturated heterocycles. The van der Waals surface area contributed by atoms with Gasteiger partial charge in [-0.25, -0.2) is 9.78 Å². The summed E-state index contributed by atoms with van der Waals surface area (Å²) in [5.74, 6) is -0.865. The van der Waals surface area contributed by atoms with Crippen molar-refractivity contribution < 1.29 is 32.2 Å². The fourth-order valence-electron chi connectivity index (χ4n) is 3.26. The monoisotopic (exact) mass is 445 g/mol. The van der Waals surface area contributed by atoms with Gasteiger partial charge in [-0.05, 0) is 59.6 Å². The van der Waals surface area contributed by atoms with E-state index >= 15 is 0 Å². The van der Waals surface area contributed by atoms with Crippen molar-refractivity contribution in [1.82, 2.24) is 15.2 Å². The van der Waals surface area contributed by atoms with Gasteiger partial charge in [-0.15, -0.1) is 0 Å². The lowest BCUT2D eigenvalue weighted by atomic mass is 10.1. The SMILES string of the molecule is CC(C)(COc1ncccc1C(F)(F)F)NC(=O)CC1CCCN1C(=O)OC(C)(C)C. The normalized spacial score (nSPS) is 17.4. The number of carbonyl (C=O) groups excluding carboxylic acids is 2. The maximum Gasteiger partial charge on any atom is 0.421 e. The van der Waals surface area contributed by atoms with E-state index in [4.69, 9.17) is 9.47 Å². The maximum absolute atomic E-state index is 13.1. The van der Waals surface area contributed by atoms with E-state index in [1.54, 1.807) is 39.5 Å². The molecule has 10 heteroatoms. The minimum absolute atomic E-state index is 0.0695. The quantitative estimate of drug-likeness (QED) is 0.711. The zero-order valence-electron chi connectivity index (χ0n) is 18.5. The van der Waals surface area contributed by atoms with Crippen LogP contribution in [0, 0.1) is 0 Å². The molecule has 2 amide bonds. The Hall–Kier alpha value is -2.52. The van der Waals surface area contributed by atoms with E-state index in [-0.39, 0.29) is 25.0 Å². The summed E-state index contributed by atoms with van der Waals surface area (Å²) >= 11 is 0. The largest absolute Gasteiger partial charge is 0.475 e. The van der Waals surface area contributed by atoms with Crippen LogP contribution < -0.4 is 10.1 Å². The van der Waals surface area contributed by atoms with Crippen LogP contribution in [-0.2, 0) is 15.7 Å². The van der Waals surface area contributed by atoms with E-state index in [9.17, 15) is 22.8 Å². The van der Waals surface area contributed by atoms with Gasteiger partial charge < -0.3 is 19.7 Å². The minimum Gasteiger partial charge on any atom is -0.475 e. The highest BCUT2D eigenvalue weighted by Crippen LogP contribution is 2.34. The number of carbonyl (C=O) groups is 2. The van der Waals surface area contributed by atoms with Crippen LogP contribution in [0.25, 0.3) is 0 Å². The number of nitrogens with zero attached hydrogens (tertiary/aromatic N) is 2. The zero-order valence-corrected chi connectivity index (χ0v) is 18.5. The van der Waals surface area contributed by atoms with Gasteiger partial charge >= 0.3 is 12.3 Å². The van der Waals surface area contributed by atoms with E-state index in [2.05, 4.69) is 10.3 Å². The van der Waals surface area contributed by atoms with Crippen LogP contribution in [0.2, 0.25) is 0 Å². The summed E-state index contributed by atoms with van der Waals surface area (Å²) in [7, 11) is 0. The third-order valence-corrected chi connectivity index (χ3v) is 4.55. The molecule has 1 fully saturated rings. The van der Waals surface area contributed by atoms with E-state index < -0.39 is 34.9 Å². The second-order valence-corrected chi connectivity index (χ2v) is 9.25. The molecule has 0 aliphatic carbocycles. The molecule has 1 aliphatic heterocycles. The van der Waals surface area contributed by atoms with Gasteiger partial charge in [-0.3, -0.25) is 4.79 Å². The summed E-state index contributed by atoms with van der Waals surface area (Å²) in [6.45, 7) is 8.91. The number of halogens is 3. The zero-order chi connectivity index (χ0) is 23.4. The first kappa shape index (κ1) is 24.7. The van der Waals surface area contributed by atoms with E-state index in [1.807, 2.05) is 0 Å². The molecule has 0 radical (unpaired) electrons. The summed E-state index contributed by atoms with van der Waals surface area (Å²) in [6, 6.07) is 1.78. The van der Waals surface area contributed by atoms with Crippen molar-refractivity contribution in [3.8, 4) is 5.88 Å². The van der Waals surface area contributed by atoms with Gasteiger partial charge in [0.1, 0.15) is 17.8 Å². The molecule has 31 heavy (non-hydrogen) atoms. The van der Waals surface area contributed by atoms with Crippen molar-refractivity contribution in [3.63, 3.8) is 0 Å². The Balaban J connectivity index is 1.93. The number of alkyl halides is 3. The van der Waals surface area contributed by atoms with Crippen LogP contribution in [-0.4, -0.2) is 52.2 Å². The topological polar surface area (TPSA) is 80.8 Å². The van der Waals surface area contributed by atoms with Crippen LogP contribution in [0.15, 0.2) is 18.3 Å². The average molecular weight is 445 g/mol. The summed E-state index contributed by atoms with van der Waals surface area (Å²) in [5, 5.41) is 2.77. The van der Waals surface area contributed by atoms with Gasteiger partial charge in [-0.2, -0.15) is 13.2 Å². The van der Waals surface area contributed by atoms with Gasteiger partial charge in [0.15, 0.2) is 0 Å². The van der Waals surface area contributed by atoms with Crippen LogP contribution in [0.1, 0.15) is 59.4 Å². The van der Waals surface area contributed by atoms with Crippen LogP contribution >= 0.6 is 0 Å². The van der Waals surface area contributed by atoms with Crippen LogP contribution in [0.3, 0.4) is 0 Å². The Labute approximate surface area is 180 Å². The highest BCUT2D eigenvalue weighted by molar-refractivity contribution is 5.78. The van der Waals surface area contributed by atoms with E-state index in [1.165, 1.54) is 12.3 Å². The van der Waals surface area contributed by atoms with Gasteiger partial charge in [0.2, 0.25) is 11.8 Å². The summed E-state index contributed by atoms with van der Waals surface area (Å²) < 4.78 is 49.9. The first-order chi connectivity index (χ1) is 14.2. The molecule has 1 aromatic heterocycles. The molecular formula is C21H30F3N3O4. The Bertz CT molecular complexity index is 791. The van der Waals surface area contributed by atoms with Crippen molar-refractivity contribution in [2.45, 2.75) is 77.2 Å². The first-order valence-corrected chi connectivity index (χ1v) is 10.1. The number of pyridine rings is 1. The van der Waals surface area contributed by atoms with E-state index in [0.29, 0.717) is 13.0 Å². The molecule has 0 spiro atoms. The van der Waals surface area contributed by atoms with Gasteiger partial charge in [0.05, 0.1) is 5.54 Å². The molecule has 174 valence electrons. The predicted molar refractivity (Wildman–Crippen MR) is 108 cm³/mol. The molecule has 1 atom stereocenters. The molecule has 0 aromatic carbocycles. The number of amides is 2. The van der Waals surface area contributed by atoms with Crippen molar-refractivity contribution in [1.29, 1.82) is 0 Å². The van der Waals surface area contributed by atoms with Crippen molar-refractivity contribution >= 4 is 12.0 Å². The van der Waals surface area contributed by atoms with E-state index in [0.717, 1.165) is 12.5 Å². The third kappa shape index (κ3) is 7.59. The number of likely N-dealkylation sites (tertiary alicyclic amines) is 1. The summed E-state index contributed by atoms with van der Waals surface area (Å²) in [4.78, 5) is 30.1. The van der Waals surface area contributed by atoms with Gasteiger partial charge in [-0.1, -0.05) is 0 Å². The smallest absolute Gasteiger partial charge is 0.421 e. The standard InChI is InChI=1S/C21H30F3N3O4/c1-19(2,3)31-18(29)27-11-7-8-14(27)12-16(28)26-20(4,5)13-30-17-15(21(22,23)24)9-6-10-25-17/h6,9-10,14H,7-8,11-13H2,1-5H3,(H,26,28). The molecule has 2 rings (SSSR count). The number of ether oxygens (including phenoxy) is 2. The fourth-order valence-corrected chi connectivity index (χ4v) is 3.26. The molecule has 0 saturated carbocycles. The maximum atomic E-state index is 13.1. The molecule has 1 N–H and O–H groups in total. The molecule has 1 aromatic rings. The van der Waals surface area contributed by atoms with Gasteiger partial charge in [0.25, 0.3) is 0 Å². The minimum atomic E-state index is -4.59. The molecule has 1 unspecified atom stereocenters. The predicted octanol–water partition coefficient (Wildman–Crippen LogP) is 4.16. The van der Waals surface area contributed by atoms with Crippen molar-refractivity contribution in [2.75, 3.05) is 13.2 Å². The Morgan fingerprint density at radius 3 is 2.52 bits per heavy atom. The molecule has 0 bridgehead atoms. The number of aromatic nitrogens is 1. The lowest BCUT2D eigenvalue weighted by Gasteiger charge is -2.30. The van der Waals surface area contributed by atoms with Crippen LogP contribution in [0.5, 0.6) is 5.88 Å². The molecule has 1 aliphatic rings. The molecular weight excluding hydrogens is 415 g/mol. The number of hydrogen-bond acceptors (Lipinski definition) is 5. The highest BCUT2D eigenvalue weighted by atomic mass is 19.4. The Kier molecular flexibility index (Phi) is 7.44. The highest BCUT2D eigenvalue weighted by Gasteiger charge is 2.36. The fraction of sp³-hybridized carbons (Fsp3) is 0.667. The number of nitrogens with one attached hydrogen (secondary N) is 1. The Morgan fingerprint density at radius 2 is 1.90 bits per heavy atom. The number of rotatable bonds is 6. The number of hydrogen-bond donors (Lipinski definition) is 1. The van der Waals surface area contributed by atoms with Crippen LogP contribution in [0.4, 0.5) is 18.0 Å². The van der Waals surface area contributed by atoms with Gasteiger partial charge in [0, 0.05) is 25.2 Å². The third-order valence-electron chi connectivity index (χ3n) is 4.55. The Morgan fingerprint density at radius 1 is 1.23 bits per heavy atom. The average Bonchev–Trinajstić information content (AvgIpc) is 3.05. The summed E-state index contributed by atoms with van der Waals surface area (Å²) in [6.07, 6.45) is -2.33. The molecule has 7 nitrogen and oxygen atoms in total. The second kappa shape index (κ2) is 9.32. The lowest BCUT2D eigenvalue weighted by Crippen LogP contribution is -2.50. The first-order valence-electron chi connectivity index (χ1n) is 10.1. The lowest BCUT2D eigenvalue weighted by molar-refractivity contribution is -0.139. The second-order valence-electron chi connectivity index (χ2n) is 9.25. The van der Waals surface area contributed by atoms with Crippen molar-refractivity contribution in [3.05, 3.63) is 23.9 Å².